The predicted molar refractivity (Wildman–Crippen MR) is 121 cm³/mol. The number of nitrogens with zero attached hydrogens (tertiary/aromatic N) is 2. The number of ether oxygens (including phenoxy) is 1. The Balaban J connectivity index is 1.64. The number of hydrogen-bond acceptors (Lipinski definition) is 5. The minimum atomic E-state index is -6.56. The molecule has 3 N–H and O–H groups in total. The third-order valence-corrected chi connectivity index (χ3v) is 5.12. The van der Waals surface area contributed by atoms with Gasteiger partial charge in [0.25, 0.3) is 0 Å². The molecule has 2 amide bonds. The van der Waals surface area contributed by atoms with Gasteiger partial charge in [0, 0.05) is 11.9 Å². The molecular weight excluding hydrogens is 511 g/mol. The molecule has 0 unspecified atom stereocenters. The lowest BCUT2D eigenvalue weighted by Crippen LogP contribution is -2.50. The van der Waals surface area contributed by atoms with Crippen LogP contribution in [0.1, 0.15) is 23.4 Å². The van der Waals surface area contributed by atoms with Gasteiger partial charge in [0.2, 0.25) is 5.82 Å². The van der Waals surface area contributed by atoms with Crippen molar-refractivity contribution in [2.75, 3.05) is 18.6 Å². The van der Waals surface area contributed by atoms with Crippen molar-refractivity contribution in [1.29, 1.82) is 0 Å². The average molecular weight is 533 g/mol. The largest absolute Gasteiger partial charge is 0.493 e. The number of amides is 2. The summed E-state index contributed by atoms with van der Waals surface area (Å²) < 4.78 is 98.9. The summed E-state index contributed by atoms with van der Waals surface area (Å²) in [5, 5.41) is 2.43. The van der Waals surface area contributed by atoms with Crippen LogP contribution < -0.4 is 20.9 Å². The molecule has 0 radical (unpaired) electrons. The summed E-state index contributed by atoms with van der Waals surface area (Å²) in [5.74, 6) is -14.2. The van der Waals surface area contributed by atoms with E-state index in [9.17, 15) is 35.5 Å². The Morgan fingerprint density at radius 2 is 1.68 bits per heavy atom. The fourth-order valence-corrected chi connectivity index (χ4v) is 3.21. The molecule has 3 rings (SSSR count). The number of halogens is 7. The van der Waals surface area contributed by atoms with E-state index in [1.807, 2.05) is 32.0 Å². The molecule has 1 heterocycles. The van der Waals surface area contributed by atoms with Crippen LogP contribution in [-0.4, -0.2) is 41.2 Å². The first kappa shape index (κ1) is 27.7. The SMILES string of the molecule is Cc1ccc(OCCCNC(=O)NNc2nc(C(F)(F)C(F)(F)C(F)(F)F)nc3ccccc23)c(C)c1. The molecule has 0 fully saturated rings. The van der Waals surface area contributed by atoms with Gasteiger partial charge in [-0.1, -0.05) is 29.8 Å². The summed E-state index contributed by atoms with van der Waals surface area (Å²) in [6, 6.07) is 9.97. The van der Waals surface area contributed by atoms with E-state index in [1.54, 1.807) is 0 Å². The van der Waals surface area contributed by atoms with E-state index in [0.717, 1.165) is 17.2 Å². The van der Waals surface area contributed by atoms with E-state index in [-0.39, 0.29) is 24.1 Å². The number of aromatic nitrogens is 2. The zero-order valence-electron chi connectivity index (χ0n) is 19.5. The van der Waals surface area contributed by atoms with E-state index in [2.05, 4.69) is 26.1 Å². The molecule has 200 valence electrons. The van der Waals surface area contributed by atoms with Crippen LogP contribution in [0, 0.1) is 13.8 Å². The van der Waals surface area contributed by atoms with Gasteiger partial charge in [0.15, 0.2) is 5.82 Å². The summed E-state index contributed by atoms with van der Waals surface area (Å²) in [6.07, 6.45) is -6.15. The number of benzene rings is 2. The molecule has 0 saturated heterocycles. The molecule has 0 spiro atoms. The molecule has 37 heavy (non-hydrogen) atoms. The molecule has 3 aromatic rings. The summed E-state index contributed by atoms with van der Waals surface area (Å²) in [4.78, 5) is 18.4. The van der Waals surface area contributed by atoms with Gasteiger partial charge in [-0.2, -0.15) is 30.7 Å². The number of fused-ring (bicyclic) bond motifs is 1. The molecule has 0 saturated carbocycles. The number of aryl methyl sites for hydroxylation is 2. The van der Waals surface area contributed by atoms with E-state index in [1.165, 1.54) is 18.2 Å². The van der Waals surface area contributed by atoms with Crippen LogP contribution in [0.15, 0.2) is 42.5 Å². The maximum atomic E-state index is 14.2. The Labute approximate surface area is 206 Å². The van der Waals surface area contributed by atoms with Gasteiger partial charge in [-0.3, -0.25) is 10.9 Å². The molecule has 0 aliphatic heterocycles. The Bertz CT molecular complexity index is 1270. The fraction of sp³-hybridized carbons (Fsp3) is 0.348. The highest BCUT2D eigenvalue weighted by molar-refractivity contribution is 5.90. The van der Waals surface area contributed by atoms with Crippen LogP contribution in [0.5, 0.6) is 5.75 Å². The Hall–Kier alpha value is -3.84. The number of anilines is 1. The second kappa shape index (κ2) is 10.6. The Morgan fingerprint density at radius 1 is 0.973 bits per heavy atom. The zero-order chi connectivity index (χ0) is 27.4. The van der Waals surface area contributed by atoms with E-state index < -0.39 is 35.7 Å². The van der Waals surface area contributed by atoms with E-state index >= 15 is 0 Å². The lowest BCUT2D eigenvalue weighted by Gasteiger charge is -2.27. The topological polar surface area (TPSA) is 88.2 Å². The van der Waals surface area contributed by atoms with Gasteiger partial charge < -0.3 is 10.1 Å². The average Bonchev–Trinajstić information content (AvgIpc) is 2.82. The van der Waals surface area contributed by atoms with Gasteiger partial charge in [-0.25, -0.2) is 14.8 Å². The third kappa shape index (κ3) is 6.12. The second-order valence-corrected chi connectivity index (χ2v) is 8.04. The van der Waals surface area contributed by atoms with Crippen molar-refractivity contribution < 1.29 is 40.3 Å². The van der Waals surface area contributed by atoms with Crippen molar-refractivity contribution in [2.45, 2.75) is 38.3 Å². The number of carbonyl (C=O) groups is 1. The minimum Gasteiger partial charge on any atom is -0.493 e. The van der Waals surface area contributed by atoms with Crippen molar-refractivity contribution in [3.63, 3.8) is 0 Å². The number of carbonyl (C=O) groups excluding carboxylic acids is 1. The molecule has 0 aliphatic rings. The van der Waals surface area contributed by atoms with Crippen molar-refractivity contribution in [2.24, 2.45) is 0 Å². The summed E-state index contributed by atoms with van der Waals surface area (Å²) in [6.45, 7) is 4.26. The molecule has 1 aromatic heterocycles. The smallest absolute Gasteiger partial charge is 0.460 e. The highest BCUT2D eigenvalue weighted by atomic mass is 19.4. The molecular formula is C23H22F7N5O2. The predicted octanol–water partition coefficient (Wildman–Crippen LogP) is 5.63. The molecule has 0 bridgehead atoms. The first-order valence-corrected chi connectivity index (χ1v) is 10.8. The highest BCUT2D eigenvalue weighted by Gasteiger charge is 2.75. The van der Waals surface area contributed by atoms with Gasteiger partial charge in [-0.05, 0) is 44.0 Å². The number of hydrazine groups is 1. The second-order valence-electron chi connectivity index (χ2n) is 8.04. The Kier molecular flexibility index (Phi) is 7.98. The lowest BCUT2D eigenvalue weighted by molar-refractivity contribution is -0.361. The van der Waals surface area contributed by atoms with Gasteiger partial charge in [0.1, 0.15) is 5.75 Å². The van der Waals surface area contributed by atoms with Crippen LogP contribution in [0.4, 0.5) is 41.3 Å². The van der Waals surface area contributed by atoms with Crippen LogP contribution in [0.3, 0.4) is 0 Å². The van der Waals surface area contributed by atoms with Gasteiger partial charge in [-0.15, -0.1) is 0 Å². The molecule has 0 aliphatic carbocycles. The van der Waals surface area contributed by atoms with Crippen LogP contribution >= 0.6 is 0 Å². The van der Waals surface area contributed by atoms with Crippen LogP contribution in [-0.2, 0) is 5.92 Å². The number of rotatable bonds is 9. The van der Waals surface area contributed by atoms with Crippen LogP contribution in [0.2, 0.25) is 0 Å². The van der Waals surface area contributed by atoms with Crippen molar-refractivity contribution >= 4 is 22.8 Å². The first-order valence-electron chi connectivity index (χ1n) is 10.8. The summed E-state index contributed by atoms with van der Waals surface area (Å²) in [7, 11) is 0. The summed E-state index contributed by atoms with van der Waals surface area (Å²) >= 11 is 0. The third-order valence-electron chi connectivity index (χ3n) is 5.12. The normalized spacial score (nSPS) is 12.4. The number of nitrogens with one attached hydrogen (secondary N) is 3. The first-order chi connectivity index (χ1) is 17.2. The zero-order valence-corrected chi connectivity index (χ0v) is 19.5. The number of para-hydroxylation sites is 1. The standard InChI is InChI=1S/C23H22F7N5O2/c1-13-8-9-17(14(2)12-13)37-11-5-10-31-20(36)35-34-18-15-6-3-4-7-16(15)32-19(33-18)21(24,25)22(26,27)23(28,29)30/h3-4,6-9,12H,5,10-11H2,1-2H3,(H2,31,35,36)(H,32,33,34). The Morgan fingerprint density at radius 3 is 2.35 bits per heavy atom. The highest BCUT2D eigenvalue weighted by Crippen LogP contribution is 2.51. The number of hydrogen-bond donors (Lipinski definition) is 3. The van der Waals surface area contributed by atoms with Crippen LogP contribution in [0.25, 0.3) is 10.9 Å². The quantitative estimate of drug-likeness (QED) is 0.189. The number of alkyl halides is 7. The monoisotopic (exact) mass is 533 g/mol. The fourth-order valence-electron chi connectivity index (χ4n) is 3.21. The van der Waals surface area contributed by atoms with Crippen molar-refractivity contribution in [3.05, 3.63) is 59.4 Å². The van der Waals surface area contributed by atoms with Crippen molar-refractivity contribution in [1.82, 2.24) is 20.7 Å². The maximum absolute atomic E-state index is 14.2. The molecule has 7 nitrogen and oxygen atoms in total. The van der Waals surface area contributed by atoms with E-state index in [4.69, 9.17) is 4.74 Å². The molecule has 2 aromatic carbocycles. The lowest BCUT2D eigenvalue weighted by atomic mass is 10.1. The maximum Gasteiger partial charge on any atom is 0.460 e. The van der Waals surface area contributed by atoms with Gasteiger partial charge in [0.05, 0.1) is 12.1 Å². The van der Waals surface area contributed by atoms with Crippen molar-refractivity contribution in [3.8, 4) is 5.75 Å². The number of urea groups is 1. The van der Waals surface area contributed by atoms with Gasteiger partial charge >= 0.3 is 24.1 Å². The van der Waals surface area contributed by atoms with E-state index in [0.29, 0.717) is 12.2 Å². The molecule has 0 atom stereocenters. The minimum absolute atomic E-state index is 0.0143. The summed E-state index contributed by atoms with van der Waals surface area (Å²) in [5.41, 5.74) is 5.92. The molecule has 14 heteroatoms.